The number of methoxy groups -OCH3 is 1. The molecule has 5 rings (SSSR count). The predicted octanol–water partition coefficient (Wildman–Crippen LogP) is 3.78. The van der Waals surface area contributed by atoms with Gasteiger partial charge in [0.1, 0.15) is 6.10 Å². The first kappa shape index (κ1) is 20.9. The number of hydrogen-bond donors (Lipinski definition) is 1. The molecule has 1 unspecified atom stereocenters. The number of hydrogen-bond acceptors (Lipinski definition) is 8. The molecule has 3 heterocycles. The summed E-state index contributed by atoms with van der Waals surface area (Å²) < 4.78 is 17.3. The molecule has 1 N–H and O–H groups in total. The maximum atomic E-state index is 6.23. The molecule has 2 aromatic carbocycles. The topological polar surface area (TPSA) is 98.3 Å². The summed E-state index contributed by atoms with van der Waals surface area (Å²) >= 11 is 0. The van der Waals surface area contributed by atoms with Crippen LogP contribution in [0, 0.1) is 0 Å². The first-order valence-corrected chi connectivity index (χ1v) is 10.7. The van der Waals surface area contributed by atoms with Crippen LogP contribution in [-0.4, -0.2) is 52.0 Å². The summed E-state index contributed by atoms with van der Waals surface area (Å²) in [6.07, 6.45) is 4.54. The second-order valence-electron chi connectivity index (χ2n) is 7.67. The highest BCUT2D eigenvalue weighted by molar-refractivity contribution is 5.69. The van der Waals surface area contributed by atoms with Gasteiger partial charge in [-0.3, -0.25) is 4.98 Å². The van der Waals surface area contributed by atoms with E-state index < -0.39 is 0 Å². The number of nitrogens with zero attached hydrogens (tertiary/aromatic N) is 5. The van der Waals surface area contributed by atoms with Crippen molar-refractivity contribution in [1.29, 1.82) is 0 Å². The minimum Gasteiger partial charge on any atom is -0.493 e. The molecule has 9 heteroatoms. The van der Waals surface area contributed by atoms with Gasteiger partial charge in [-0.2, -0.15) is 5.21 Å². The van der Waals surface area contributed by atoms with Gasteiger partial charge in [0.05, 0.1) is 20.3 Å². The number of aromatic nitrogens is 5. The van der Waals surface area contributed by atoms with Gasteiger partial charge in [-0.1, -0.05) is 6.07 Å². The molecule has 0 radical (unpaired) electrons. The van der Waals surface area contributed by atoms with Crippen molar-refractivity contribution in [3.05, 3.63) is 72.6 Å². The minimum absolute atomic E-state index is 0.0233. The van der Waals surface area contributed by atoms with Gasteiger partial charge in [0.2, 0.25) is 5.82 Å². The van der Waals surface area contributed by atoms with E-state index in [1.54, 1.807) is 13.3 Å². The number of anilines is 2. The maximum Gasteiger partial charge on any atom is 0.204 e. The van der Waals surface area contributed by atoms with Crippen molar-refractivity contribution in [3.8, 4) is 22.9 Å². The van der Waals surface area contributed by atoms with Crippen molar-refractivity contribution in [2.24, 2.45) is 0 Å². The molecule has 0 spiro atoms. The lowest BCUT2D eigenvalue weighted by atomic mass is 10.1. The molecule has 0 aliphatic carbocycles. The standard InChI is InChI=1S/C24H24N6O3/c1-31-22-9-8-20(13-23(22)33-21-10-12-32-16-21)30(15-17-3-2-11-25-14-17)19-6-4-18(5-7-19)24-26-28-29-27-24/h2-9,11,13-14,21H,10,12,15-16H2,1H3,(H,26,27,28,29). The second-order valence-corrected chi connectivity index (χ2v) is 7.67. The van der Waals surface area contributed by atoms with Gasteiger partial charge in [0.25, 0.3) is 0 Å². The third-order valence-electron chi connectivity index (χ3n) is 5.49. The Balaban J connectivity index is 1.50. The second kappa shape index (κ2) is 9.66. The Kier molecular flexibility index (Phi) is 6.12. The van der Waals surface area contributed by atoms with E-state index in [9.17, 15) is 0 Å². The van der Waals surface area contributed by atoms with Gasteiger partial charge < -0.3 is 19.1 Å². The molecule has 1 aliphatic rings. The monoisotopic (exact) mass is 444 g/mol. The number of nitrogens with one attached hydrogen (secondary N) is 1. The van der Waals surface area contributed by atoms with E-state index in [4.69, 9.17) is 14.2 Å². The summed E-state index contributed by atoms with van der Waals surface area (Å²) in [6.45, 7) is 1.94. The summed E-state index contributed by atoms with van der Waals surface area (Å²) in [5, 5.41) is 14.2. The molecule has 1 aliphatic heterocycles. The molecule has 9 nitrogen and oxygen atoms in total. The van der Waals surface area contributed by atoms with Gasteiger partial charge in [-0.05, 0) is 53.2 Å². The number of ether oxygens (including phenoxy) is 3. The normalized spacial score (nSPS) is 15.4. The Labute approximate surface area is 191 Å². The lowest BCUT2D eigenvalue weighted by molar-refractivity contribution is 0.138. The van der Waals surface area contributed by atoms with Crippen LogP contribution in [-0.2, 0) is 11.3 Å². The van der Waals surface area contributed by atoms with Crippen molar-refractivity contribution in [3.63, 3.8) is 0 Å². The molecule has 2 aromatic heterocycles. The molecular formula is C24H24N6O3. The highest BCUT2D eigenvalue weighted by Crippen LogP contribution is 2.37. The molecule has 0 amide bonds. The molecule has 0 bridgehead atoms. The van der Waals surface area contributed by atoms with E-state index in [-0.39, 0.29) is 6.10 Å². The third-order valence-corrected chi connectivity index (χ3v) is 5.49. The molecular weight excluding hydrogens is 420 g/mol. The van der Waals surface area contributed by atoms with Crippen molar-refractivity contribution < 1.29 is 14.2 Å². The Hall–Kier alpha value is -3.98. The zero-order valence-electron chi connectivity index (χ0n) is 18.2. The molecule has 4 aromatic rings. The van der Waals surface area contributed by atoms with Crippen LogP contribution in [0.3, 0.4) is 0 Å². The summed E-state index contributed by atoms with van der Waals surface area (Å²) in [5.41, 5.74) is 3.95. The lowest BCUT2D eigenvalue weighted by Crippen LogP contribution is -2.18. The minimum atomic E-state index is 0.0233. The number of pyridine rings is 1. The zero-order valence-corrected chi connectivity index (χ0v) is 18.2. The quantitative estimate of drug-likeness (QED) is 0.439. The molecule has 33 heavy (non-hydrogen) atoms. The van der Waals surface area contributed by atoms with Crippen molar-refractivity contribution in [1.82, 2.24) is 25.6 Å². The number of benzene rings is 2. The Morgan fingerprint density at radius 3 is 2.67 bits per heavy atom. The summed E-state index contributed by atoms with van der Waals surface area (Å²) in [6, 6.07) is 18.0. The van der Waals surface area contributed by atoms with Crippen LogP contribution in [0.15, 0.2) is 67.0 Å². The highest BCUT2D eigenvalue weighted by atomic mass is 16.6. The molecule has 168 valence electrons. The Morgan fingerprint density at radius 2 is 1.97 bits per heavy atom. The number of rotatable bonds is 8. The van der Waals surface area contributed by atoms with Crippen LogP contribution in [0.5, 0.6) is 11.5 Å². The van der Waals surface area contributed by atoms with Crippen LogP contribution >= 0.6 is 0 Å². The van der Waals surface area contributed by atoms with Crippen molar-refractivity contribution in [2.45, 2.75) is 19.1 Å². The Morgan fingerprint density at radius 1 is 1.09 bits per heavy atom. The van der Waals surface area contributed by atoms with Crippen LogP contribution in [0.2, 0.25) is 0 Å². The average Bonchev–Trinajstić information content (AvgIpc) is 3.58. The van der Waals surface area contributed by atoms with E-state index in [0.717, 1.165) is 28.9 Å². The van der Waals surface area contributed by atoms with Crippen molar-refractivity contribution >= 4 is 11.4 Å². The third kappa shape index (κ3) is 4.78. The van der Waals surface area contributed by atoms with Crippen LogP contribution in [0.1, 0.15) is 12.0 Å². The molecule has 1 atom stereocenters. The van der Waals surface area contributed by atoms with Gasteiger partial charge >= 0.3 is 0 Å². The largest absolute Gasteiger partial charge is 0.493 e. The number of tetrazole rings is 1. The van der Waals surface area contributed by atoms with E-state index in [0.29, 0.717) is 37.1 Å². The van der Waals surface area contributed by atoms with E-state index in [2.05, 4.69) is 36.6 Å². The summed E-state index contributed by atoms with van der Waals surface area (Å²) in [5.74, 6) is 1.95. The van der Waals surface area contributed by atoms with E-state index >= 15 is 0 Å². The smallest absolute Gasteiger partial charge is 0.204 e. The average molecular weight is 444 g/mol. The van der Waals surface area contributed by atoms with Gasteiger partial charge in [-0.25, -0.2) is 0 Å². The van der Waals surface area contributed by atoms with Gasteiger partial charge in [0.15, 0.2) is 11.5 Å². The molecule has 1 fully saturated rings. The van der Waals surface area contributed by atoms with Crippen molar-refractivity contribution in [2.75, 3.05) is 25.2 Å². The highest BCUT2D eigenvalue weighted by Gasteiger charge is 2.21. The molecule has 1 saturated heterocycles. The predicted molar refractivity (Wildman–Crippen MR) is 123 cm³/mol. The van der Waals surface area contributed by atoms with Crippen LogP contribution in [0.4, 0.5) is 11.4 Å². The zero-order chi connectivity index (χ0) is 22.5. The first-order valence-electron chi connectivity index (χ1n) is 10.7. The number of H-pyrrole nitrogens is 1. The summed E-state index contributed by atoms with van der Waals surface area (Å²) in [4.78, 5) is 6.48. The fourth-order valence-corrected chi connectivity index (χ4v) is 3.79. The maximum absolute atomic E-state index is 6.23. The lowest BCUT2D eigenvalue weighted by Gasteiger charge is -2.26. The van der Waals surface area contributed by atoms with E-state index in [1.165, 1.54) is 0 Å². The molecule has 0 saturated carbocycles. The van der Waals surface area contributed by atoms with Gasteiger partial charge in [0, 0.05) is 48.4 Å². The Bertz CT molecular complexity index is 1160. The van der Waals surface area contributed by atoms with Crippen LogP contribution in [0.25, 0.3) is 11.4 Å². The van der Waals surface area contributed by atoms with Crippen LogP contribution < -0.4 is 14.4 Å². The summed E-state index contributed by atoms with van der Waals surface area (Å²) in [7, 11) is 1.65. The fraction of sp³-hybridized carbons (Fsp3) is 0.250. The first-order chi connectivity index (χ1) is 16.3. The number of aromatic amines is 1. The van der Waals surface area contributed by atoms with E-state index in [1.807, 2.05) is 54.7 Å². The fourth-order valence-electron chi connectivity index (χ4n) is 3.79. The van der Waals surface area contributed by atoms with Gasteiger partial charge in [-0.15, -0.1) is 10.2 Å². The SMILES string of the molecule is COc1ccc(N(Cc2cccnc2)c2ccc(-c3nn[nH]n3)cc2)cc1OC1CCOC1.